The van der Waals surface area contributed by atoms with E-state index in [0.717, 1.165) is 18.2 Å². The molecule has 1 aromatic rings. The van der Waals surface area contributed by atoms with Crippen molar-refractivity contribution in [2.75, 3.05) is 19.5 Å². The van der Waals surface area contributed by atoms with Gasteiger partial charge in [0.15, 0.2) is 0 Å². The molecule has 1 aromatic carbocycles. The summed E-state index contributed by atoms with van der Waals surface area (Å²) in [5, 5.41) is 14.0. The summed E-state index contributed by atoms with van der Waals surface area (Å²) in [6.07, 6.45) is 2.97. The zero-order chi connectivity index (χ0) is 30.9. The molecule has 1 aliphatic rings. The van der Waals surface area contributed by atoms with Gasteiger partial charge in [0.25, 0.3) is 5.91 Å². The molecule has 11 nitrogen and oxygen atoms in total. The summed E-state index contributed by atoms with van der Waals surface area (Å²) in [5.41, 5.74) is 7.74. The van der Waals surface area contributed by atoms with Crippen LogP contribution in [0.4, 0.5) is 10.5 Å². The van der Waals surface area contributed by atoms with E-state index >= 15 is 0 Å². The van der Waals surface area contributed by atoms with E-state index in [4.69, 9.17) is 19.7 Å². The van der Waals surface area contributed by atoms with Gasteiger partial charge in [0.2, 0.25) is 0 Å². The van der Waals surface area contributed by atoms with Crippen LogP contribution >= 0.6 is 7.82 Å². The number of fused-ring (bicyclic) bond motifs is 2. The van der Waals surface area contributed by atoms with E-state index in [-0.39, 0.29) is 29.4 Å². The Kier molecular flexibility index (Phi) is 13.1. The third kappa shape index (κ3) is 10.9. The van der Waals surface area contributed by atoms with E-state index in [2.05, 4.69) is 9.84 Å². The van der Waals surface area contributed by atoms with Crippen LogP contribution < -0.4 is 15.6 Å². The number of anilines is 1. The summed E-state index contributed by atoms with van der Waals surface area (Å²) in [6, 6.07) is 4.85. The molecule has 2 amide bonds. The molecule has 0 radical (unpaired) electrons. The predicted octanol–water partition coefficient (Wildman–Crippen LogP) is 5.12. The minimum Gasteiger partial charge on any atom is -0.442 e. The fourth-order valence-electron chi connectivity index (χ4n) is 5.10. The van der Waals surface area contributed by atoms with Gasteiger partial charge in [-0.2, -0.15) is 0 Å². The molecular weight excluding hydrogens is 551 g/mol. The van der Waals surface area contributed by atoms with Gasteiger partial charge in [0.1, 0.15) is 11.9 Å². The Morgan fingerprint density at radius 3 is 2.44 bits per heavy atom. The van der Waals surface area contributed by atoms with Crippen molar-refractivity contribution in [3.05, 3.63) is 47.1 Å². The van der Waals surface area contributed by atoms with Gasteiger partial charge in [-0.1, -0.05) is 32.9 Å². The highest BCUT2D eigenvalue weighted by molar-refractivity contribution is 7.47. The van der Waals surface area contributed by atoms with Crippen molar-refractivity contribution >= 4 is 25.5 Å². The van der Waals surface area contributed by atoms with Gasteiger partial charge in [0, 0.05) is 37.5 Å². The largest absolute Gasteiger partial charge is 0.527 e. The molecule has 7 atom stereocenters. The Morgan fingerprint density at radius 2 is 1.83 bits per heavy atom. The molecule has 5 N–H and O–H groups in total. The van der Waals surface area contributed by atoms with Crippen LogP contribution in [0, 0.1) is 17.8 Å². The summed E-state index contributed by atoms with van der Waals surface area (Å²) in [5.74, 6) is -0.717. The number of carbonyl (C=O) groups is 2. The zero-order valence-electron chi connectivity index (χ0n) is 25.0. The third-order valence-corrected chi connectivity index (χ3v) is 8.19. The molecule has 230 valence electrons. The van der Waals surface area contributed by atoms with Gasteiger partial charge in [-0.3, -0.25) is 14.2 Å². The Hall–Kier alpha value is -2.69. The molecule has 2 bridgehead atoms. The summed E-state index contributed by atoms with van der Waals surface area (Å²) in [7, 11) is -1.73. The predicted molar refractivity (Wildman–Crippen MR) is 156 cm³/mol. The average Bonchev–Trinajstić information content (AvgIpc) is 2.88. The van der Waals surface area contributed by atoms with Crippen LogP contribution in [-0.2, 0) is 29.8 Å². The summed E-state index contributed by atoms with van der Waals surface area (Å²) in [4.78, 5) is 34.5. The second kappa shape index (κ2) is 15.5. The number of rotatable bonds is 5. The maximum absolute atomic E-state index is 13.0. The molecule has 0 fully saturated rings. The van der Waals surface area contributed by atoms with Crippen molar-refractivity contribution in [2.24, 2.45) is 23.5 Å². The van der Waals surface area contributed by atoms with Gasteiger partial charge in [-0.15, -0.1) is 0 Å². The Balaban J connectivity index is 2.51. The zero-order valence-corrected chi connectivity index (χ0v) is 25.9. The van der Waals surface area contributed by atoms with Gasteiger partial charge in [0.05, 0.1) is 12.2 Å². The number of nitrogens with two attached hydrogens (primary N) is 1. The number of aliphatic hydroxyl groups is 1. The number of aliphatic hydroxyl groups excluding tert-OH is 1. The summed E-state index contributed by atoms with van der Waals surface area (Å²) in [6.45, 7) is 9.34. The molecule has 0 saturated heterocycles. The molecule has 12 heteroatoms. The quantitative estimate of drug-likeness (QED) is 0.267. The van der Waals surface area contributed by atoms with E-state index in [1.165, 1.54) is 6.07 Å². The van der Waals surface area contributed by atoms with Crippen LogP contribution in [0.2, 0.25) is 0 Å². The Labute approximate surface area is 242 Å². The number of carbonyl (C=O) groups excluding carboxylic acids is 2. The number of amides is 2. The number of phosphoric acid groups is 1. The van der Waals surface area contributed by atoms with E-state index in [0.29, 0.717) is 36.9 Å². The van der Waals surface area contributed by atoms with Crippen LogP contribution in [0.3, 0.4) is 0 Å². The molecule has 0 saturated carbocycles. The fraction of sp³-hybridized carbons (Fsp3) is 0.586. The number of hydrogen-bond acceptors (Lipinski definition) is 8. The second-order valence-corrected chi connectivity index (χ2v) is 12.4. The highest BCUT2D eigenvalue weighted by Crippen LogP contribution is 2.43. The molecule has 2 rings (SSSR count). The lowest BCUT2D eigenvalue weighted by molar-refractivity contribution is -0.112. The molecule has 0 aromatic heterocycles. The number of ether oxygens (including phenoxy) is 2. The first-order valence-corrected chi connectivity index (χ1v) is 15.2. The van der Waals surface area contributed by atoms with Crippen molar-refractivity contribution in [3.8, 4) is 5.75 Å². The molecule has 1 unspecified atom stereocenters. The number of nitrogens with one attached hydrogen (secondary N) is 1. The Morgan fingerprint density at radius 1 is 1.15 bits per heavy atom. The minimum atomic E-state index is -4.34. The van der Waals surface area contributed by atoms with Gasteiger partial charge in [-0.05, 0) is 74.6 Å². The smallest absolute Gasteiger partial charge is 0.442 e. The molecular formula is C29H45N2O9P. The average molecular weight is 597 g/mol. The van der Waals surface area contributed by atoms with E-state index in [1.54, 1.807) is 32.2 Å². The minimum absolute atomic E-state index is 0.00344. The monoisotopic (exact) mass is 596 g/mol. The first-order valence-electron chi connectivity index (χ1n) is 13.7. The molecule has 0 spiro atoms. The first kappa shape index (κ1) is 34.5. The van der Waals surface area contributed by atoms with Crippen LogP contribution in [0.15, 0.2) is 41.5 Å². The third-order valence-electron chi connectivity index (χ3n) is 7.28. The molecule has 0 aliphatic carbocycles. The van der Waals surface area contributed by atoms with Gasteiger partial charge >= 0.3 is 13.9 Å². The van der Waals surface area contributed by atoms with E-state index in [1.807, 2.05) is 33.8 Å². The second-order valence-electron chi connectivity index (χ2n) is 10.9. The van der Waals surface area contributed by atoms with Crippen molar-refractivity contribution in [1.29, 1.82) is 0 Å². The Bertz CT molecular complexity index is 1170. The maximum Gasteiger partial charge on any atom is 0.527 e. The number of primary amides is 1. The first-order chi connectivity index (χ1) is 19.1. The standard InChI is InChI=1S/C29H45N2O9P/c1-17-11-22-14-23(16-24(15-22)40-41(35,36)38-7)31-28(33)19(3)10-8-9-18(2)27(39-29(30)34)21(5)13-20(4)26(32)25(12-17)37-6/h10,13-18,20,25-27,32H,8-9,11-12H2,1-7H3,(H2,30,34)(H,31,33)(H,35,36)/b19-10+,21-13+/t17-,18+,20+,25+,26-,27-/m1/s1. The fourth-order valence-corrected chi connectivity index (χ4v) is 5.54. The number of phosphoric ester groups is 1. The van der Waals surface area contributed by atoms with Crippen molar-refractivity contribution in [3.63, 3.8) is 0 Å². The van der Waals surface area contributed by atoms with Crippen molar-refractivity contribution in [1.82, 2.24) is 0 Å². The highest BCUT2D eigenvalue weighted by atomic mass is 31.2. The lowest BCUT2D eigenvalue weighted by Gasteiger charge is -2.29. The maximum atomic E-state index is 13.0. The van der Waals surface area contributed by atoms with Crippen molar-refractivity contribution < 1.29 is 42.7 Å². The highest BCUT2D eigenvalue weighted by Gasteiger charge is 2.29. The summed E-state index contributed by atoms with van der Waals surface area (Å²) < 4.78 is 33.0. The lowest BCUT2D eigenvalue weighted by Crippen LogP contribution is -2.35. The van der Waals surface area contributed by atoms with Crippen LogP contribution in [0.1, 0.15) is 59.4 Å². The lowest BCUT2D eigenvalue weighted by atomic mass is 9.87. The number of hydrogen-bond donors (Lipinski definition) is 4. The number of benzene rings is 1. The molecule has 41 heavy (non-hydrogen) atoms. The molecule has 1 aliphatic heterocycles. The normalized spacial score (nSPS) is 31.0. The number of allylic oxidation sites excluding steroid dienone is 1. The van der Waals surface area contributed by atoms with Crippen LogP contribution in [-0.4, -0.2) is 54.5 Å². The SMILES string of the molecule is CO[C@H]1C[C@H](C)Cc2cc(cc(OP(=O)(O)OC)c2)NC(=O)/C(C)=C/CC[C@H](C)[C@@H](OC(N)=O)/C(C)=C/[C@H](C)[C@H]1O. The summed E-state index contributed by atoms with van der Waals surface area (Å²) >= 11 is 0. The van der Waals surface area contributed by atoms with Crippen molar-refractivity contribution in [2.45, 2.75) is 78.6 Å². The van der Waals surface area contributed by atoms with Crippen LogP contribution in [0.5, 0.6) is 5.75 Å². The van der Waals surface area contributed by atoms with E-state index in [9.17, 15) is 24.2 Å². The van der Waals surface area contributed by atoms with Gasteiger partial charge in [-0.25, -0.2) is 9.36 Å². The van der Waals surface area contributed by atoms with E-state index < -0.39 is 32.2 Å². The number of methoxy groups -OCH3 is 1. The van der Waals surface area contributed by atoms with Gasteiger partial charge < -0.3 is 30.2 Å². The topological polar surface area (TPSA) is 167 Å². The molecule has 1 heterocycles. The van der Waals surface area contributed by atoms with Crippen LogP contribution in [0.25, 0.3) is 0 Å².